The van der Waals surface area contributed by atoms with Crippen molar-refractivity contribution in [3.8, 4) is 11.3 Å². The number of hydrogen-bond acceptors (Lipinski definition) is 4. The van der Waals surface area contributed by atoms with Gasteiger partial charge in [0.2, 0.25) is 5.28 Å². The minimum atomic E-state index is -0.651. The lowest BCUT2D eigenvalue weighted by Crippen LogP contribution is -1.92. The molecule has 6 nitrogen and oxygen atoms in total. The van der Waals surface area contributed by atoms with Crippen molar-refractivity contribution in [2.24, 2.45) is 0 Å². The summed E-state index contributed by atoms with van der Waals surface area (Å²) in [6, 6.07) is 4.54. The van der Waals surface area contributed by atoms with Gasteiger partial charge in [-0.25, -0.2) is 14.4 Å². The van der Waals surface area contributed by atoms with E-state index < -0.39 is 10.7 Å². The van der Waals surface area contributed by atoms with Crippen LogP contribution in [0.1, 0.15) is 0 Å². The third kappa shape index (κ3) is 1.88. The molecular weight excluding hydrogens is 287 g/mol. The maximum absolute atomic E-state index is 13.8. The average Bonchev–Trinajstić information content (AvgIpc) is 2.85. The first-order chi connectivity index (χ1) is 9.58. The quantitative estimate of drug-likeness (QED) is 0.446. The summed E-state index contributed by atoms with van der Waals surface area (Å²) < 4.78 is 13.8. The van der Waals surface area contributed by atoms with Gasteiger partial charge in [-0.05, 0) is 11.6 Å². The standard InChI is InChI=1S/C12H6ClFN4O2/c13-12-16-5-8(14)10(17-12)7-4-15-11-6(7)2-1-3-9(11)18(19)20/h1-5,15H. The van der Waals surface area contributed by atoms with Crippen LogP contribution in [0.2, 0.25) is 5.28 Å². The molecule has 0 unspecified atom stereocenters. The van der Waals surface area contributed by atoms with Crippen molar-refractivity contribution >= 4 is 28.2 Å². The number of para-hydroxylation sites is 1. The third-order valence-corrected chi connectivity index (χ3v) is 3.04. The molecule has 0 aliphatic carbocycles. The number of nitrogens with zero attached hydrogens (tertiary/aromatic N) is 3. The molecule has 0 saturated heterocycles. The summed E-state index contributed by atoms with van der Waals surface area (Å²) in [6.07, 6.45) is 2.42. The number of hydrogen-bond donors (Lipinski definition) is 1. The molecule has 20 heavy (non-hydrogen) atoms. The van der Waals surface area contributed by atoms with Crippen molar-refractivity contribution in [1.82, 2.24) is 15.0 Å². The van der Waals surface area contributed by atoms with Crippen LogP contribution in [0.5, 0.6) is 0 Å². The fourth-order valence-corrected chi connectivity index (χ4v) is 2.15. The van der Waals surface area contributed by atoms with Crippen molar-refractivity contribution < 1.29 is 9.31 Å². The fraction of sp³-hybridized carbons (Fsp3) is 0. The molecule has 0 atom stereocenters. The van der Waals surface area contributed by atoms with Gasteiger partial charge in [0.05, 0.1) is 11.1 Å². The summed E-state index contributed by atoms with van der Waals surface area (Å²) in [5, 5.41) is 11.3. The summed E-state index contributed by atoms with van der Waals surface area (Å²) in [6.45, 7) is 0. The predicted octanol–water partition coefficient (Wildman–Crippen LogP) is 3.33. The van der Waals surface area contributed by atoms with Gasteiger partial charge in [-0.2, -0.15) is 0 Å². The van der Waals surface area contributed by atoms with Gasteiger partial charge in [-0.15, -0.1) is 0 Å². The molecule has 0 saturated carbocycles. The van der Waals surface area contributed by atoms with Gasteiger partial charge in [0.15, 0.2) is 5.82 Å². The number of rotatable bonds is 2. The van der Waals surface area contributed by atoms with Gasteiger partial charge in [0.25, 0.3) is 5.69 Å². The van der Waals surface area contributed by atoms with E-state index in [1.165, 1.54) is 18.3 Å². The monoisotopic (exact) mass is 292 g/mol. The molecule has 0 amide bonds. The van der Waals surface area contributed by atoms with Crippen LogP contribution in [0.25, 0.3) is 22.2 Å². The van der Waals surface area contributed by atoms with E-state index in [2.05, 4.69) is 15.0 Å². The highest BCUT2D eigenvalue weighted by molar-refractivity contribution is 6.28. The molecule has 0 aliphatic rings. The molecule has 0 radical (unpaired) electrons. The maximum atomic E-state index is 13.8. The lowest BCUT2D eigenvalue weighted by atomic mass is 10.1. The second-order valence-corrected chi connectivity index (χ2v) is 4.33. The van der Waals surface area contributed by atoms with Crippen molar-refractivity contribution in [2.75, 3.05) is 0 Å². The SMILES string of the molecule is O=[N+]([O-])c1cccc2c(-c3nc(Cl)ncc3F)c[nH]c12. The van der Waals surface area contributed by atoms with E-state index in [4.69, 9.17) is 11.6 Å². The minimum absolute atomic E-state index is 0.00301. The third-order valence-electron chi connectivity index (χ3n) is 2.86. The van der Waals surface area contributed by atoms with Gasteiger partial charge in [0.1, 0.15) is 11.2 Å². The zero-order chi connectivity index (χ0) is 14.3. The van der Waals surface area contributed by atoms with Gasteiger partial charge < -0.3 is 4.98 Å². The van der Waals surface area contributed by atoms with Gasteiger partial charge in [-0.1, -0.05) is 12.1 Å². The van der Waals surface area contributed by atoms with E-state index in [0.717, 1.165) is 6.20 Å². The Morgan fingerprint density at radius 1 is 1.40 bits per heavy atom. The van der Waals surface area contributed by atoms with Gasteiger partial charge >= 0.3 is 0 Å². The Kier molecular flexibility index (Phi) is 2.83. The highest BCUT2D eigenvalue weighted by Gasteiger charge is 2.18. The topological polar surface area (TPSA) is 84.7 Å². The first-order valence-electron chi connectivity index (χ1n) is 5.51. The summed E-state index contributed by atoms with van der Waals surface area (Å²) >= 11 is 5.66. The van der Waals surface area contributed by atoms with Crippen LogP contribution in [0.4, 0.5) is 10.1 Å². The number of nitro groups is 1. The highest BCUT2D eigenvalue weighted by Crippen LogP contribution is 2.33. The average molecular weight is 293 g/mol. The second kappa shape index (κ2) is 4.53. The highest BCUT2D eigenvalue weighted by atomic mass is 35.5. The van der Waals surface area contributed by atoms with Gasteiger partial charge in [-0.3, -0.25) is 10.1 Å². The number of aromatic nitrogens is 3. The Morgan fingerprint density at radius 2 is 2.20 bits per heavy atom. The molecular formula is C12H6ClFN4O2. The number of non-ortho nitro benzene ring substituents is 1. The van der Waals surface area contributed by atoms with Crippen LogP contribution in [0.3, 0.4) is 0 Å². The number of nitrogens with one attached hydrogen (secondary N) is 1. The molecule has 3 rings (SSSR count). The van der Waals surface area contributed by atoms with Crippen molar-refractivity contribution in [3.63, 3.8) is 0 Å². The minimum Gasteiger partial charge on any atom is -0.355 e. The molecule has 0 spiro atoms. The normalized spacial score (nSPS) is 10.9. The van der Waals surface area contributed by atoms with Crippen molar-refractivity contribution in [1.29, 1.82) is 0 Å². The molecule has 0 aliphatic heterocycles. The number of aromatic amines is 1. The van der Waals surface area contributed by atoms with E-state index in [1.807, 2.05) is 0 Å². The Hall–Kier alpha value is -2.54. The zero-order valence-electron chi connectivity index (χ0n) is 9.80. The lowest BCUT2D eigenvalue weighted by Gasteiger charge is -2.01. The number of benzene rings is 1. The largest absolute Gasteiger partial charge is 0.355 e. The van der Waals surface area contributed by atoms with Crippen molar-refractivity contribution in [3.05, 3.63) is 51.8 Å². The Balaban J connectivity index is 2.31. The van der Waals surface area contributed by atoms with Crippen LogP contribution < -0.4 is 0 Å². The molecule has 0 fully saturated rings. The first kappa shape index (κ1) is 12.5. The fourth-order valence-electron chi connectivity index (χ4n) is 2.02. The molecule has 0 bridgehead atoms. The van der Waals surface area contributed by atoms with E-state index in [1.54, 1.807) is 6.07 Å². The summed E-state index contributed by atoms with van der Waals surface area (Å²) in [4.78, 5) is 20.6. The van der Waals surface area contributed by atoms with Crippen LogP contribution in [-0.2, 0) is 0 Å². The van der Waals surface area contributed by atoms with E-state index in [9.17, 15) is 14.5 Å². The number of nitro benzene ring substituents is 1. The summed E-state index contributed by atoms with van der Waals surface area (Å²) in [7, 11) is 0. The van der Waals surface area contributed by atoms with Crippen LogP contribution in [-0.4, -0.2) is 19.9 Å². The zero-order valence-corrected chi connectivity index (χ0v) is 10.6. The Bertz CT molecular complexity index is 833. The Labute approximate surface area is 116 Å². The molecule has 1 aromatic carbocycles. The number of fused-ring (bicyclic) bond motifs is 1. The lowest BCUT2D eigenvalue weighted by molar-refractivity contribution is -0.383. The van der Waals surface area contributed by atoms with Crippen LogP contribution in [0.15, 0.2) is 30.6 Å². The van der Waals surface area contributed by atoms with E-state index >= 15 is 0 Å². The summed E-state index contributed by atoms with van der Waals surface area (Å²) in [5.41, 5.74) is 0.609. The van der Waals surface area contributed by atoms with Crippen molar-refractivity contribution in [2.45, 2.75) is 0 Å². The maximum Gasteiger partial charge on any atom is 0.293 e. The molecule has 2 heterocycles. The van der Waals surface area contributed by atoms with Crippen LogP contribution in [0, 0.1) is 15.9 Å². The van der Waals surface area contributed by atoms with Crippen LogP contribution >= 0.6 is 11.6 Å². The molecule has 8 heteroatoms. The first-order valence-corrected chi connectivity index (χ1v) is 5.88. The Morgan fingerprint density at radius 3 is 2.95 bits per heavy atom. The van der Waals surface area contributed by atoms with Gasteiger partial charge in [0, 0.05) is 23.2 Å². The predicted molar refractivity (Wildman–Crippen MR) is 70.9 cm³/mol. The molecule has 3 aromatic rings. The molecule has 1 N–H and O–H groups in total. The smallest absolute Gasteiger partial charge is 0.293 e. The van der Waals surface area contributed by atoms with E-state index in [-0.39, 0.29) is 16.7 Å². The second-order valence-electron chi connectivity index (χ2n) is 3.99. The number of H-pyrrole nitrogens is 1. The molecule has 2 aromatic heterocycles. The molecule has 100 valence electrons. The summed E-state index contributed by atoms with van der Waals surface area (Å²) in [5.74, 6) is -0.651. The van der Waals surface area contributed by atoms with E-state index in [0.29, 0.717) is 16.5 Å². The number of halogens is 2.